The largest absolute Gasteiger partial charge is 0.400 e. The van der Waals surface area contributed by atoms with Crippen LogP contribution in [-0.4, -0.2) is 11.1 Å². The number of hydrogen-bond acceptors (Lipinski definition) is 3. The molecule has 3 rings (SSSR count). The summed E-state index contributed by atoms with van der Waals surface area (Å²) in [6, 6.07) is 10.4. The van der Waals surface area contributed by atoms with E-state index in [0.717, 1.165) is 5.52 Å². The number of carbonyl (C=O) groups is 1. The zero-order valence-electron chi connectivity index (χ0n) is 13.1. The summed E-state index contributed by atoms with van der Waals surface area (Å²) >= 11 is 12.1. The Morgan fingerprint density at radius 3 is 2.50 bits per heavy atom. The van der Waals surface area contributed by atoms with Gasteiger partial charge in [0.05, 0.1) is 15.6 Å². The van der Waals surface area contributed by atoms with Crippen molar-refractivity contribution in [3.63, 3.8) is 0 Å². The van der Waals surface area contributed by atoms with E-state index in [1.165, 1.54) is 0 Å². The molecule has 0 saturated carbocycles. The average molecular weight is 365 g/mol. The summed E-state index contributed by atoms with van der Waals surface area (Å²) in [5.74, 6) is -0.334. The molecule has 0 fully saturated rings. The van der Waals surface area contributed by atoms with Crippen molar-refractivity contribution in [1.82, 2.24) is 5.10 Å². The molecule has 0 amide bonds. The predicted molar refractivity (Wildman–Crippen MR) is 94.7 cm³/mol. The first-order valence-electron chi connectivity index (χ1n) is 7.37. The molecule has 124 valence electrons. The molecule has 0 aliphatic heterocycles. The lowest BCUT2D eigenvalue weighted by atomic mass is 10.2. The number of ether oxygens (including phenoxy) is 1. The van der Waals surface area contributed by atoms with Crippen molar-refractivity contribution >= 4 is 45.8 Å². The Kier molecular flexibility index (Phi) is 4.39. The number of nitrogen functional groups attached to an aromatic ring is 1. The van der Waals surface area contributed by atoms with Crippen LogP contribution in [0.4, 0.5) is 5.69 Å². The highest BCUT2D eigenvalue weighted by Gasteiger charge is 2.25. The Labute approximate surface area is 148 Å². The standard InChI is InChI=1S/C17H15Cl2N3O2/c1-9(2)22-14-7-6-10(20)8-11(14)16(21-22)24-17(23)15-12(18)4-3-5-13(15)19/h3-9H,20H2,1-2H3/p+1. The monoisotopic (exact) mass is 364 g/mol. The van der Waals surface area contributed by atoms with Crippen LogP contribution in [0.25, 0.3) is 10.9 Å². The maximum absolute atomic E-state index is 12.5. The van der Waals surface area contributed by atoms with E-state index in [2.05, 4.69) is 5.10 Å². The Balaban J connectivity index is 2.07. The molecule has 0 aliphatic carbocycles. The van der Waals surface area contributed by atoms with Gasteiger partial charge in [0.25, 0.3) is 5.88 Å². The van der Waals surface area contributed by atoms with Crippen molar-refractivity contribution in [3.8, 4) is 5.88 Å². The Morgan fingerprint density at radius 1 is 1.21 bits per heavy atom. The van der Waals surface area contributed by atoms with Crippen LogP contribution in [-0.2, 0) is 0 Å². The fraction of sp³-hybridized carbons (Fsp3) is 0.176. The third-order valence-corrected chi connectivity index (χ3v) is 4.25. The van der Waals surface area contributed by atoms with Gasteiger partial charge in [-0.15, -0.1) is 9.78 Å². The zero-order valence-corrected chi connectivity index (χ0v) is 14.7. The van der Waals surface area contributed by atoms with E-state index in [1.807, 2.05) is 24.6 Å². The number of rotatable bonds is 3. The molecule has 3 N–H and O–H groups in total. The molecular formula is C17H16Cl2N3O2+. The molecule has 7 heteroatoms. The summed E-state index contributed by atoms with van der Waals surface area (Å²) in [7, 11) is 0. The molecule has 24 heavy (non-hydrogen) atoms. The van der Waals surface area contributed by atoms with Crippen molar-refractivity contribution in [2.45, 2.75) is 19.9 Å². The maximum Gasteiger partial charge on any atom is 0.348 e. The quantitative estimate of drug-likeness (QED) is 0.416. The van der Waals surface area contributed by atoms with Crippen LogP contribution in [0.5, 0.6) is 5.88 Å². The summed E-state index contributed by atoms with van der Waals surface area (Å²) in [6.07, 6.45) is 0. The summed E-state index contributed by atoms with van der Waals surface area (Å²) < 4.78 is 7.42. The fourth-order valence-electron chi connectivity index (χ4n) is 2.50. The van der Waals surface area contributed by atoms with Crippen LogP contribution in [0, 0.1) is 0 Å². The molecule has 0 aliphatic rings. The molecular weight excluding hydrogens is 349 g/mol. The van der Waals surface area contributed by atoms with Crippen molar-refractivity contribution < 1.29 is 14.2 Å². The van der Waals surface area contributed by atoms with E-state index in [-0.39, 0.29) is 21.7 Å². The van der Waals surface area contributed by atoms with Crippen LogP contribution in [0.15, 0.2) is 36.4 Å². The lowest BCUT2D eigenvalue weighted by Crippen LogP contribution is -2.38. The molecule has 0 radical (unpaired) electrons. The van der Waals surface area contributed by atoms with E-state index in [4.69, 9.17) is 33.7 Å². The van der Waals surface area contributed by atoms with Gasteiger partial charge in [-0.2, -0.15) is 0 Å². The Bertz CT molecular complexity index is 915. The first-order chi connectivity index (χ1) is 11.4. The van der Waals surface area contributed by atoms with Gasteiger partial charge in [-0.1, -0.05) is 29.3 Å². The number of nitrogens with one attached hydrogen (secondary N) is 1. The van der Waals surface area contributed by atoms with Gasteiger partial charge in [-0.25, -0.2) is 4.79 Å². The fourth-order valence-corrected chi connectivity index (χ4v) is 3.05. The van der Waals surface area contributed by atoms with Crippen molar-refractivity contribution in [3.05, 3.63) is 52.0 Å². The predicted octanol–water partition coefficient (Wildman–Crippen LogP) is 4.14. The van der Waals surface area contributed by atoms with Gasteiger partial charge < -0.3 is 10.5 Å². The molecule has 0 saturated heterocycles. The third kappa shape index (κ3) is 2.92. The normalized spacial score (nSPS) is 11.2. The zero-order chi connectivity index (χ0) is 17.4. The second-order valence-corrected chi connectivity index (χ2v) is 6.48. The van der Waals surface area contributed by atoms with Crippen LogP contribution >= 0.6 is 23.2 Å². The summed E-state index contributed by atoms with van der Waals surface area (Å²) in [6.45, 7) is 4.03. The second kappa shape index (κ2) is 6.34. The molecule has 0 bridgehead atoms. The number of anilines is 1. The number of nitrogens with zero attached hydrogens (tertiary/aromatic N) is 1. The van der Waals surface area contributed by atoms with Crippen molar-refractivity contribution in [1.29, 1.82) is 0 Å². The number of hydrogen-bond donors (Lipinski definition) is 2. The lowest BCUT2D eigenvalue weighted by Gasteiger charge is -2.05. The van der Waals surface area contributed by atoms with Gasteiger partial charge >= 0.3 is 5.97 Å². The molecule has 1 heterocycles. The minimum Gasteiger partial charge on any atom is -0.400 e. The number of fused-ring (bicyclic) bond motifs is 1. The number of benzene rings is 2. The Morgan fingerprint density at radius 2 is 1.88 bits per heavy atom. The highest BCUT2D eigenvalue weighted by Crippen LogP contribution is 2.29. The number of H-pyrrole nitrogens is 1. The van der Waals surface area contributed by atoms with Gasteiger partial charge in [0.1, 0.15) is 5.39 Å². The van der Waals surface area contributed by atoms with Gasteiger partial charge in [0.2, 0.25) is 5.52 Å². The number of carbonyl (C=O) groups excluding carboxylic acids is 1. The number of halogens is 2. The van der Waals surface area contributed by atoms with E-state index in [1.54, 1.807) is 30.3 Å². The van der Waals surface area contributed by atoms with Gasteiger partial charge in [0.15, 0.2) is 6.04 Å². The molecule has 2 aromatic carbocycles. The molecule has 3 aromatic rings. The van der Waals surface area contributed by atoms with Gasteiger partial charge in [-0.05, 0) is 38.1 Å². The third-order valence-electron chi connectivity index (χ3n) is 3.62. The minimum absolute atomic E-state index is 0.128. The number of esters is 1. The van der Waals surface area contributed by atoms with Crippen LogP contribution in [0.3, 0.4) is 0 Å². The van der Waals surface area contributed by atoms with Crippen molar-refractivity contribution in [2.24, 2.45) is 0 Å². The topological polar surface area (TPSA) is 72.0 Å². The summed E-state index contributed by atoms with van der Waals surface area (Å²) in [5, 5.41) is 4.27. The smallest absolute Gasteiger partial charge is 0.348 e. The summed E-state index contributed by atoms with van der Waals surface area (Å²) in [5.41, 5.74) is 7.45. The van der Waals surface area contributed by atoms with Crippen LogP contribution in [0.1, 0.15) is 30.2 Å². The van der Waals surface area contributed by atoms with Crippen LogP contribution < -0.4 is 15.2 Å². The highest BCUT2D eigenvalue weighted by atomic mass is 35.5. The van der Waals surface area contributed by atoms with E-state index in [9.17, 15) is 4.79 Å². The average Bonchev–Trinajstić information content (AvgIpc) is 2.85. The van der Waals surface area contributed by atoms with E-state index >= 15 is 0 Å². The van der Waals surface area contributed by atoms with Crippen molar-refractivity contribution in [2.75, 3.05) is 5.73 Å². The second-order valence-electron chi connectivity index (χ2n) is 5.67. The minimum atomic E-state index is -0.632. The Hall–Kier alpha value is -2.24. The summed E-state index contributed by atoms with van der Waals surface area (Å²) in [4.78, 5) is 12.5. The molecule has 0 atom stereocenters. The first kappa shape index (κ1) is 16.6. The van der Waals surface area contributed by atoms with E-state index in [0.29, 0.717) is 17.0 Å². The number of aromatic nitrogens is 2. The van der Waals surface area contributed by atoms with E-state index < -0.39 is 5.97 Å². The number of nitrogens with two attached hydrogens (primary N) is 1. The number of aromatic amines is 1. The van der Waals surface area contributed by atoms with Gasteiger partial charge in [-0.3, -0.25) is 0 Å². The first-order valence-corrected chi connectivity index (χ1v) is 8.13. The highest BCUT2D eigenvalue weighted by molar-refractivity contribution is 6.39. The molecule has 0 unspecified atom stereocenters. The molecule has 1 aromatic heterocycles. The molecule has 5 nitrogen and oxygen atoms in total. The van der Waals surface area contributed by atoms with Crippen LogP contribution in [0.2, 0.25) is 10.0 Å². The lowest BCUT2D eigenvalue weighted by molar-refractivity contribution is -0.745. The maximum atomic E-state index is 12.5. The molecule has 0 spiro atoms. The van der Waals surface area contributed by atoms with Gasteiger partial charge in [0, 0.05) is 11.8 Å². The SMILES string of the molecule is CC(C)[n+]1[nH]c(OC(=O)c2c(Cl)cccc2Cl)c2cc(N)ccc21.